The van der Waals surface area contributed by atoms with E-state index in [0.29, 0.717) is 40.4 Å². The summed E-state index contributed by atoms with van der Waals surface area (Å²) in [5.41, 5.74) is 6.97. The number of carbonyl (C=O) groups is 1. The monoisotopic (exact) mass is 478 g/mol. The normalized spacial score (nSPS) is 11.3. The first-order chi connectivity index (χ1) is 17.6. The van der Waals surface area contributed by atoms with Gasteiger partial charge >= 0.3 is 0 Å². The van der Waals surface area contributed by atoms with Crippen LogP contribution in [0.2, 0.25) is 0 Å². The van der Waals surface area contributed by atoms with E-state index in [4.69, 9.17) is 9.97 Å². The second kappa shape index (κ2) is 8.66. The van der Waals surface area contributed by atoms with Crippen LogP contribution in [0.25, 0.3) is 56.0 Å². The highest BCUT2D eigenvalue weighted by Gasteiger charge is 2.17. The molecule has 0 unspecified atom stereocenters. The predicted molar refractivity (Wildman–Crippen MR) is 134 cm³/mol. The van der Waals surface area contributed by atoms with Crippen molar-refractivity contribution in [3.63, 3.8) is 0 Å². The van der Waals surface area contributed by atoms with Crippen LogP contribution in [0.1, 0.15) is 13.3 Å². The highest BCUT2D eigenvalue weighted by Crippen LogP contribution is 2.31. The molecule has 5 aromatic heterocycles. The number of H-pyrrole nitrogens is 2. The van der Waals surface area contributed by atoms with E-state index in [1.54, 1.807) is 43.8 Å². The Kier molecular flexibility index (Phi) is 5.18. The zero-order chi connectivity index (χ0) is 24.6. The fraction of sp³-hybridized carbons (Fsp3) is 0.0769. The van der Waals surface area contributed by atoms with Crippen molar-refractivity contribution in [1.29, 1.82) is 0 Å². The topological polar surface area (TPSA) is 125 Å². The molecule has 0 saturated carbocycles. The Balaban J connectivity index is 1.42. The standard InChI is InChI=1S/C26H19FN8O/c1-2-22(36)30-17-9-15(10-28-11-17)19-7-8-20-24(31-19)25(35-34-20)26-32-21-13-29-12-18(23(21)33-26)14-3-5-16(27)6-4-14/h3-13H,2H2,1H3,(H,30,36)(H,32,33)(H,34,35). The number of nitrogens with one attached hydrogen (secondary N) is 3. The summed E-state index contributed by atoms with van der Waals surface area (Å²) in [6.45, 7) is 1.79. The number of imidazole rings is 1. The maximum absolute atomic E-state index is 13.4. The van der Waals surface area contributed by atoms with Crippen LogP contribution in [0.15, 0.2) is 67.3 Å². The summed E-state index contributed by atoms with van der Waals surface area (Å²) >= 11 is 0. The van der Waals surface area contributed by atoms with E-state index < -0.39 is 0 Å². The lowest BCUT2D eigenvalue weighted by atomic mass is 10.1. The molecule has 0 radical (unpaired) electrons. The third-order valence-electron chi connectivity index (χ3n) is 5.82. The average Bonchev–Trinajstić information content (AvgIpc) is 3.53. The molecule has 0 spiro atoms. The highest BCUT2D eigenvalue weighted by atomic mass is 19.1. The summed E-state index contributed by atoms with van der Waals surface area (Å²) in [6.07, 6.45) is 7.06. The van der Waals surface area contributed by atoms with Crippen LogP contribution in [0.4, 0.5) is 10.1 Å². The zero-order valence-corrected chi connectivity index (χ0v) is 19.1. The van der Waals surface area contributed by atoms with Crippen molar-refractivity contribution in [1.82, 2.24) is 35.1 Å². The second-order valence-electron chi connectivity index (χ2n) is 8.20. The number of pyridine rings is 3. The van der Waals surface area contributed by atoms with E-state index >= 15 is 0 Å². The van der Waals surface area contributed by atoms with Gasteiger partial charge in [-0.3, -0.25) is 19.9 Å². The largest absolute Gasteiger partial charge is 0.335 e. The summed E-state index contributed by atoms with van der Waals surface area (Å²) in [7, 11) is 0. The first-order valence-electron chi connectivity index (χ1n) is 11.3. The molecule has 0 fully saturated rings. The van der Waals surface area contributed by atoms with Crippen LogP contribution >= 0.6 is 0 Å². The van der Waals surface area contributed by atoms with Gasteiger partial charge in [0, 0.05) is 29.9 Å². The average molecular weight is 478 g/mol. The van der Waals surface area contributed by atoms with Gasteiger partial charge in [-0.15, -0.1) is 0 Å². The number of benzene rings is 1. The molecule has 10 heteroatoms. The Bertz CT molecular complexity index is 1740. The number of aromatic nitrogens is 7. The van der Waals surface area contributed by atoms with Gasteiger partial charge in [-0.25, -0.2) is 14.4 Å². The van der Waals surface area contributed by atoms with Crippen LogP contribution in [-0.2, 0) is 4.79 Å². The van der Waals surface area contributed by atoms with Crippen molar-refractivity contribution in [3.8, 4) is 33.9 Å². The molecular weight excluding hydrogens is 459 g/mol. The molecule has 0 bridgehead atoms. The van der Waals surface area contributed by atoms with Gasteiger partial charge in [-0.1, -0.05) is 19.1 Å². The summed E-state index contributed by atoms with van der Waals surface area (Å²) in [5, 5.41) is 10.3. The summed E-state index contributed by atoms with van der Waals surface area (Å²) in [6, 6.07) is 11.8. The highest BCUT2D eigenvalue weighted by molar-refractivity contribution is 5.96. The fourth-order valence-electron chi connectivity index (χ4n) is 4.01. The molecule has 3 N–H and O–H groups in total. The molecule has 0 aliphatic rings. The van der Waals surface area contributed by atoms with Crippen molar-refractivity contribution in [2.75, 3.05) is 5.32 Å². The van der Waals surface area contributed by atoms with E-state index in [1.165, 1.54) is 12.1 Å². The molecule has 0 aliphatic heterocycles. The third kappa shape index (κ3) is 3.84. The molecule has 0 aliphatic carbocycles. The number of hydrogen-bond donors (Lipinski definition) is 3. The molecular formula is C26H19FN8O. The number of nitrogens with zero attached hydrogens (tertiary/aromatic N) is 5. The minimum absolute atomic E-state index is 0.0890. The Morgan fingerprint density at radius 3 is 2.58 bits per heavy atom. The fourth-order valence-corrected chi connectivity index (χ4v) is 4.01. The summed E-state index contributed by atoms with van der Waals surface area (Å²) < 4.78 is 13.4. The van der Waals surface area contributed by atoms with E-state index in [1.807, 2.05) is 18.2 Å². The lowest BCUT2D eigenvalue weighted by Gasteiger charge is -2.06. The van der Waals surface area contributed by atoms with E-state index in [9.17, 15) is 9.18 Å². The summed E-state index contributed by atoms with van der Waals surface area (Å²) in [4.78, 5) is 33.2. The van der Waals surface area contributed by atoms with Crippen molar-refractivity contribution < 1.29 is 9.18 Å². The number of rotatable bonds is 5. The number of fused-ring (bicyclic) bond motifs is 2. The second-order valence-corrected chi connectivity index (χ2v) is 8.20. The lowest BCUT2D eigenvalue weighted by molar-refractivity contribution is -0.115. The van der Waals surface area contributed by atoms with Crippen LogP contribution in [0.3, 0.4) is 0 Å². The number of halogens is 1. The van der Waals surface area contributed by atoms with Crippen molar-refractivity contribution in [3.05, 3.63) is 73.1 Å². The quantitative estimate of drug-likeness (QED) is 0.316. The van der Waals surface area contributed by atoms with Gasteiger partial charge in [0.2, 0.25) is 5.91 Å². The van der Waals surface area contributed by atoms with Gasteiger partial charge < -0.3 is 10.3 Å². The molecule has 1 aromatic carbocycles. The number of carbonyl (C=O) groups excluding carboxylic acids is 1. The van der Waals surface area contributed by atoms with Crippen molar-refractivity contribution >= 4 is 33.7 Å². The number of hydrogen-bond acceptors (Lipinski definition) is 6. The maximum Gasteiger partial charge on any atom is 0.224 e. The van der Waals surface area contributed by atoms with Crippen LogP contribution in [0.5, 0.6) is 0 Å². The van der Waals surface area contributed by atoms with E-state index in [-0.39, 0.29) is 11.7 Å². The Labute approximate surface area is 203 Å². The molecule has 36 heavy (non-hydrogen) atoms. The Morgan fingerprint density at radius 1 is 0.917 bits per heavy atom. The number of amides is 1. The molecule has 0 saturated heterocycles. The molecule has 9 nitrogen and oxygen atoms in total. The smallest absolute Gasteiger partial charge is 0.224 e. The van der Waals surface area contributed by atoms with Gasteiger partial charge in [-0.05, 0) is 35.9 Å². The van der Waals surface area contributed by atoms with Gasteiger partial charge in [0.25, 0.3) is 0 Å². The van der Waals surface area contributed by atoms with Gasteiger partial charge in [0.1, 0.15) is 11.3 Å². The molecule has 176 valence electrons. The molecule has 5 heterocycles. The minimum Gasteiger partial charge on any atom is -0.335 e. The lowest BCUT2D eigenvalue weighted by Crippen LogP contribution is -2.09. The van der Waals surface area contributed by atoms with Gasteiger partial charge in [0.05, 0.1) is 40.3 Å². The number of aromatic amines is 2. The molecule has 0 atom stereocenters. The SMILES string of the molecule is CCC(=O)Nc1cncc(-c2ccc3[nH]nc(-c4nc5c(-c6ccc(F)cc6)cncc5[nH]4)c3n2)c1. The van der Waals surface area contributed by atoms with E-state index in [0.717, 1.165) is 27.7 Å². The minimum atomic E-state index is -0.306. The third-order valence-corrected chi connectivity index (χ3v) is 5.82. The summed E-state index contributed by atoms with van der Waals surface area (Å²) in [5.74, 6) is 0.133. The van der Waals surface area contributed by atoms with Crippen LogP contribution < -0.4 is 5.32 Å². The first-order valence-corrected chi connectivity index (χ1v) is 11.3. The van der Waals surface area contributed by atoms with Gasteiger partial charge in [0.15, 0.2) is 11.5 Å². The van der Waals surface area contributed by atoms with E-state index in [2.05, 4.69) is 30.5 Å². The first kappa shape index (κ1) is 21.5. The Morgan fingerprint density at radius 2 is 1.75 bits per heavy atom. The van der Waals surface area contributed by atoms with Gasteiger partial charge in [-0.2, -0.15) is 5.10 Å². The number of anilines is 1. The van der Waals surface area contributed by atoms with Crippen molar-refractivity contribution in [2.24, 2.45) is 0 Å². The Hall–Kier alpha value is -4.99. The van der Waals surface area contributed by atoms with Crippen molar-refractivity contribution in [2.45, 2.75) is 13.3 Å². The molecule has 6 aromatic rings. The van der Waals surface area contributed by atoms with Crippen LogP contribution in [-0.4, -0.2) is 41.0 Å². The van der Waals surface area contributed by atoms with Crippen LogP contribution in [0, 0.1) is 5.82 Å². The zero-order valence-electron chi connectivity index (χ0n) is 19.1. The maximum atomic E-state index is 13.4. The predicted octanol–water partition coefficient (Wildman–Crippen LogP) is 5.11. The molecule has 6 rings (SSSR count). The molecule has 1 amide bonds.